The third kappa shape index (κ3) is 6.73. The number of nitrogens with one attached hydrogen (secondary N) is 2. The fraction of sp³-hybridized carbons (Fsp3) is 0.737. The van der Waals surface area contributed by atoms with E-state index in [0.717, 1.165) is 78.0 Å². The van der Waals surface area contributed by atoms with Gasteiger partial charge in [0.1, 0.15) is 0 Å². The lowest BCUT2D eigenvalue weighted by Crippen LogP contribution is -2.46. The molecule has 7 nitrogen and oxygen atoms in total. The fourth-order valence-corrected chi connectivity index (χ4v) is 4.23. The van der Waals surface area contributed by atoms with Crippen LogP contribution in [0.3, 0.4) is 0 Å². The number of hydrogen-bond donors (Lipinski definition) is 2. The van der Waals surface area contributed by atoms with E-state index in [1.165, 1.54) is 4.88 Å². The SMILES string of the molecule is CN=C(NCCCOC1CCOC1)NCC(c1cccs1)N1CCOCC1. The lowest BCUT2D eigenvalue weighted by Gasteiger charge is -2.34. The summed E-state index contributed by atoms with van der Waals surface area (Å²) < 4.78 is 16.6. The van der Waals surface area contributed by atoms with Crippen molar-refractivity contribution in [2.45, 2.75) is 25.0 Å². The van der Waals surface area contributed by atoms with Crippen LogP contribution in [-0.2, 0) is 14.2 Å². The molecular formula is C19H32N4O3S. The van der Waals surface area contributed by atoms with Crippen LogP contribution in [0, 0.1) is 0 Å². The van der Waals surface area contributed by atoms with Crippen molar-refractivity contribution in [1.29, 1.82) is 0 Å². The van der Waals surface area contributed by atoms with Crippen LogP contribution < -0.4 is 10.6 Å². The molecule has 8 heteroatoms. The summed E-state index contributed by atoms with van der Waals surface area (Å²) >= 11 is 1.81. The largest absolute Gasteiger partial charge is 0.379 e. The average molecular weight is 397 g/mol. The second-order valence-electron chi connectivity index (χ2n) is 6.77. The van der Waals surface area contributed by atoms with Crippen LogP contribution in [0.4, 0.5) is 0 Å². The Bertz CT molecular complexity index is 543. The van der Waals surface area contributed by atoms with Crippen molar-refractivity contribution >= 4 is 17.3 Å². The highest BCUT2D eigenvalue weighted by Crippen LogP contribution is 2.25. The minimum atomic E-state index is 0.280. The Kier molecular flexibility index (Phi) is 8.83. The van der Waals surface area contributed by atoms with Gasteiger partial charge in [0.05, 0.1) is 32.0 Å². The molecule has 3 rings (SSSR count). The standard InChI is InChI=1S/C19H32N4O3S/c1-20-19(21-6-3-9-26-16-5-10-25-15-16)22-14-17(18-4-2-13-27-18)23-7-11-24-12-8-23/h2,4,13,16-17H,3,5-12,14-15H2,1H3,(H2,20,21,22). The summed E-state index contributed by atoms with van der Waals surface area (Å²) in [6.07, 6.45) is 2.25. The number of hydrogen-bond acceptors (Lipinski definition) is 6. The molecule has 0 amide bonds. The highest BCUT2D eigenvalue weighted by atomic mass is 32.1. The van der Waals surface area contributed by atoms with Gasteiger partial charge in [0.25, 0.3) is 0 Å². The Hall–Kier alpha value is -1.19. The maximum atomic E-state index is 5.80. The van der Waals surface area contributed by atoms with Gasteiger partial charge in [-0.2, -0.15) is 0 Å². The molecule has 2 fully saturated rings. The van der Waals surface area contributed by atoms with Gasteiger partial charge in [-0.3, -0.25) is 9.89 Å². The van der Waals surface area contributed by atoms with Crippen LogP contribution in [0.25, 0.3) is 0 Å². The van der Waals surface area contributed by atoms with E-state index < -0.39 is 0 Å². The van der Waals surface area contributed by atoms with E-state index in [0.29, 0.717) is 6.04 Å². The molecular weight excluding hydrogens is 364 g/mol. The van der Waals surface area contributed by atoms with E-state index in [1.54, 1.807) is 0 Å². The predicted octanol–water partition coefficient (Wildman–Crippen LogP) is 1.48. The topological polar surface area (TPSA) is 67.4 Å². The Labute approximate surface area is 166 Å². The van der Waals surface area contributed by atoms with Crippen molar-refractivity contribution in [3.63, 3.8) is 0 Å². The van der Waals surface area contributed by atoms with Crippen molar-refractivity contribution in [3.05, 3.63) is 22.4 Å². The minimum Gasteiger partial charge on any atom is -0.379 e. The van der Waals surface area contributed by atoms with E-state index in [2.05, 4.69) is 38.0 Å². The molecule has 0 aliphatic carbocycles. The first-order valence-electron chi connectivity index (χ1n) is 9.86. The molecule has 2 atom stereocenters. The third-order valence-corrected chi connectivity index (χ3v) is 5.87. The van der Waals surface area contributed by atoms with E-state index >= 15 is 0 Å². The van der Waals surface area contributed by atoms with Gasteiger partial charge in [-0.1, -0.05) is 6.07 Å². The fourth-order valence-electron chi connectivity index (χ4n) is 3.37. The number of thiophene rings is 1. The van der Waals surface area contributed by atoms with Crippen molar-refractivity contribution in [3.8, 4) is 0 Å². The first-order valence-corrected chi connectivity index (χ1v) is 10.7. The van der Waals surface area contributed by atoms with Gasteiger partial charge >= 0.3 is 0 Å². The molecule has 152 valence electrons. The molecule has 0 spiro atoms. The van der Waals surface area contributed by atoms with E-state index in [1.807, 2.05) is 18.4 Å². The molecule has 27 heavy (non-hydrogen) atoms. The van der Waals surface area contributed by atoms with Crippen LogP contribution in [0.1, 0.15) is 23.8 Å². The second-order valence-corrected chi connectivity index (χ2v) is 7.75. The summed E-state index contributed by atoms with van der Waals surface area (Å²) in [7, 11) is 1.82. The number of guanidine groups is 1. The van der Waals surface area contributed by atoms with Crippen LogP contribution >= 0.6 is 11.3 Å². The Morgan fingerprint density at radius 2 is 2.22 bits per heavy atom. The zero-order valence-electron chi connectivity index (χ0n) is 16.2. The van der Waals surface area contributed by atoms with Crippen LogP contribution in [0.2, 0.25) is 0 Å². The molecule has 3 heterocycles. The monoisotopic (exact) mass is 396 g/mol. The Balaban J connectivity index is 1.39. The summed E-state index contributed by atoms with van der Waals surface area (Å²) in [5.74, 6) is 0.842. The first kappa shape index (κ1) is 20.5. The highest BCUT2D eigenvalue weighted by molar-refractivity contribution is 7.10. The maximum Gasteiger partial charge on any atom is 0.191 e. The van der Waals surface area contributed by atoms with E-state index in [-0.39, 0.29) is 6.10 Å². The molecule has 0 bridgehead atoms. The normalized spacial score (nSPS) is 22.7. The molecule has 2 saturated heterocycles. The van der Waals surface area contributed by atoms with Gasteiger partial charge in [-0.15, -0.1) is 11.3 Å². The quantitative estimate of drug-likeness (QED) is 0.374. The van der Waals surface area contributed by atoms with E-state index in [9.17, 15) is 0 Å². The molecule has 0 saturated carbocycles. The molecule has 2 aliphatic heterocycles. The van der Waals surface area contributed by atoms with Crippen LogP contribution in [0.5, 0.6) is 0 Å². The van der Waals surface area contributed by atoms with Gasteiger partial charge in [-0.05, 0) is 24.3 Å². The summed E-state index contributed by atoms with van der Waals surface area (Å²) in [5, 5.41) is 9.02. The number of aliphatic imine (C=N–C) groups is 1. The van der Waals surface area contributed by atoms with Gasteiger partial charge in [0, 0.05) is 51.3 Å². The van der Waals surface area contributed by atoms with Crippen molar-refractivity contribution in [2.75, 3.05) is 66.3 Å². The zero-order chi connectivity index (χ0) is 18.7. The molecule has 0 radical (unpaired) electrons. The van der Waals surface area contributed by atoms with Crippen molar-refractivity contribution in [2.24, 2.45) is 4.99 Å². The minimum absolute atomic E-state index is 0.280. The average Bonchev–Trinajstić information content (AvgIpc) is 3.41. The maximum absolute atomic E-state index is 5.80. The smallest absolute Gasteiger partial charge is 0.191 e. The lowest BCUT2D eigenvalue weighted by molar-refractivity contribution is 0.0177. The van der Waals surface area contributed by atoms with Gasteiger partial charge < -0.3 is 24.8 Å². The molecule has 2 N–H and O–H groups in total. The number of ether oxygens (including phenoxy) is 3. The van der Waals surface area contributed by atoms with E-state index in [4.69, 9.17) is 14.2 Å². The molecule has 1 aromatic heterocycles. The van der Waals surface area contributed by atoms with Gasteiger partial charge in [-0.25, -0.2) is 0 Å². The molecule has 1 aromatic rings. The summed E-state index contributed by atoms with van der Waals surface area (Å²) in [5.41, 5.74) is 0. The lowest BCUT2D eigenvalue weighted by atomic mass is 10.2. The Morgan fingerprint density at radius 1 is 1.33 bits per heavy atom. The zero-order valence-corrected chi connectivity index (χ0v) is 17.0. The number of morpholine rings is 1. The van der Waals surface area contributed by atoms with Gasteiger partial charge in [0.15, 0.2) is 5.96 Å². The second kappa shape index (κ2) is 11.6. The Morgan fingerprint density at radius 3 is 2.93 bits per heavy atom. The molecule has 2 unspecified atom stereocenters. The summed E-state index contributed by atoms with van der Waals surface area (Å²) in [4.78, 5) is 8.23. The third-order valence-electron chi connectivity index (χ3n) is 4.90. The first-order chi connectivity index (χ1) is 13.4. The van der Waals surface area contributed by atoms with Crippen molar-refractivity contribution < 1.29 is 14.2 Å². The van der Waals surface area contributed by atoms with Crippen molar-refractivity contribution in [1.82, 2.24) is 15.5 Å². The highest BCUT2D eigenvalue weighted by Gasteiger charge is 2.23. The predicted molar refractivity (Wildman–Crippen MR) is 109 cm³/mol. The van der Waals surface area contributed by atoms with Crippen LogP contribution in [-0.4, -0.2) is 83.2 Å². The summed E-state index contributed by atoms with van der Waals surface area (Å²) in [6, 6.07) is 4.68. The number of rotatable bonds is 9. The van der Waals surface area contributed by atoms with Crippen LogP contribution in [0.15, 0.2) is 22.5 Å². The molecule has 2 aliphatic rings. The number of nitrogens with zero attached hydrogens (tertiary/aromatic N) is 2. The van der Waals surface area contributed by atoms with Gasteiger partial charge in [0.2, 0.25) is 0 Å². The molecule has 0 aromatic carbocycles. The summed E-state index contributed by atoms with van der Waals surface area (Å²) in [6.45, 7) is 7.54.